The van der Waals surface area contributed by atoms with Gasteiger partial charge in [-0.15, -0.1) is 0 Å². The monoisotopic (exact) mass is 711 g/mol. The van der Waals surface area contributed by atoms with Crippen LogP contribution < -0.4 is 14.4 Å². The van der Waals surface area contributed by atoms with Crippen molar-refractivity contribution < 1.29 is 32.6 Å². The number of halogens is 1. The second kappa shape index (κ2) is 13.5. The van der Waals surface area contributed by atoms with Gasteiger partial charge in [0.25, 0.3) is 5.91 Å². The van der Waals surface area contributed by atoms with Crippen molar-refractivity contribution in [3.8, 4) is 5.75 Å². The highest BCUT2D eigenvalue weighted by Crippen LogP contribution is 2.47. The van der Waals surface area contributed by atoms with Crippen LogP contribution in [0.5, 0.6) is 5.75 Å². The molecule has 2 fully saturated rings. The van der Waals surface area contributed by atoms with E-state index in [1.165, 1.54) is 11.1 Å². The highest BCUT2D eigenvalue weighted by atomic mass is 35.5. The van der Waals surface area contributed by atoms with Gasteiger partial charge in [-0.2, -0.15) is 0 Å². The highest BCUT2D eigenvalue weighted by molar-refractivity contribution is 7.90. The summed E-state index contributed by atoms with van der Waals surface area (Å²) in [6, 6.07) is 11.3. The number of aliphatic hydroxyl groups excluding tert-OH is 1. The molecule has 2 aromatic rings. The van der Waals surface area contributed by atoms with Gasteiger partial charge >= 0.3 is 0 Å². The maximum absolute atomic E-state index is 13.5. The van der Waals surface area contributed by atoms with E-state index < -0.39 is 27.3 Å². The van der Waals surface area contributed by atoms with Crippen molar-refractivity contribution in [2.24, 2.45) is 17.8 Å². The Bertz CT molecular complexity index is 1740. The van der Waals surface area contributed by atoms with Gasteiger partial charge in [0.1, 0.15) is 12.4 Å². The molecular formula is C37H46ClN3O7S. The van der Waals surface area contributed by atoms with Crippen molar-refractivity contribution in [1.82, 2.24) is 9.62 Å². The number of fused-ring (bicyclic) bond motifs is 4. The van der Waals surface area contributed by atoms with Crippen LogP contribution in [-0.2, 0) is 31.4 Å². The highest BCUT2D eigenvalue weighted by Gasteiger charge is 2.45. The zero-order valence-corrected chi connectivity index (χ0v) is 29.7. The van der Waals surface area contributed by atoms with E-state index >= 15 is 0 Å². The quantitative estimate of drug-likeness (QED) is 0.447. The number of likely N-dealkylation sites (tertiary alicyclic amines) is 1. The lowest BCUT2D eigenvalue weighted by Crippen LogP contribution is -2.55. The summed E-state index contributed by atoms with van der Waals surface area (Å²) in [4.78, 5) is 30.3. The summed E-state index contributed by atoms with van der Waals surface area (Å²) >= 11 is 6.43. The van der Waals surface area contributed by atoms with E-state index in [2.05, 4.69) is 21.8 Å². The molecule has 12 heteroatoms. The molecule has 3 heterocycles. The van der Waals surface area contributed by atoms with E-state index in [1.807, 2.05) is 25.1 Å². The van der Waals surface area contributed by atoms with Gasteiger partial charge in [0.2, 0.25) is 15.9 Å². The molecule has 2 N–H and O–H groups in total. The van der Waals surface area contributed by atoms with Crippen LogP contribution in [0.25, 0.3) is 0 Å². The fourth-order valence-electron chi connectivity index (χ4n) is 8.24. The number of anilines is 1. The van der Waals surface area contributed by atoms with Crippen molar-refractivity contribution in [3.63, 3.8) is 0 Å². The number of rotatable bonds is 3. The molecule has 1 spiro atoms. The van der Waals surface area contributed by atoms with Gasteiger partial charge in [0, 0.05) is 42.2 Å². The Morgan fingerprint density at radius 1 is 1.14 bits per heavy atom. The van der Waals surface area contributed by atoms with Crippen LogP contribution in [-0.4, -0.2) is 87.1 Å². The molecule has 1 saturated carbocycles. The minimum atomic E-state index is -3.98. The molecule has 6 atom stereocenters. The Hall–Kier alpha value is -3.12. The number of hydrogen-bond donors (Lipinski definition) is 2. The molecule has 0 radical (unpaired) electrons. The van der Waals surface area contributed by atoms with Crippen molar-refractivity contribution >= 4 is 39.1 Å². The number of nitrogens with one attached hydrogen (secondary N) is 1. The molecule has 0 unspecified atom stereocenters. The number of allylic oxidation sites excluding steroid dienone is 1. The van der Waals surface area contributed by atoms with Crippen molar-refractivity contribution in [3.05, 3.63) is 70.3 Å². The zero-order valence-electron chi connectivity index (χ0n) is 28.1. The summed E-state index contributed by atoms with van der Waals surface area (Å²) in [5.74, 6) is -0.0368. The van der Waals surface area contributed by atoms with E-state index in [9.17, 15) is 23.1 Å². The summed E-state index contributed by atoms with van der Waals surface area (Å²) in [7, 11) is -3.98. The fourth-order valence-corrected chi connectivity index (χ4v) is 9.72. The number of ether oxygens (including phenoxy) is 2. The number of amides is 2. The molecule has 2 aliphatic carbocycles. The Morgan fingerprint density at radius 3 is 2.71 bits per heavy atom. The average molecular weight is 712 g/mol. The maximum Gasteiger partial charge on any atom is 0.264 e. The minimum Gasteiger partial charge on any atom is -0.490 e. The second-order valence-electron chi connectivity index (χ2n) is 14.8. The number of carbonyl (C=O) groups is 2. The van der Waals surface area contributed by atoms with Crippen LogP contribution in [0.15, 0.2) is 48.6 Å². The van der Waals surface area contributed by atoms with Crippen LogP contribution in [0.1, 0.15) is 67.4 Å². The minimum absolute atomic E-state index is 0.0798. The summed E-state index contributed by atoms with van der Waals surface area (Å²) < 4.78 is 42.0. The average Bonchev–Trinajstić information content (AvgIpc) is 3.19. The van der Waals surface area contributed by atoms with Gasteiger partial charge in [-0.3, -0.25) is 9.59 Å². The number of nitrogens with zero attached hydrogens (tertiary/aromatic N) is 2. The van der Waals surface area contributed by atoms with Gasteiger partial charge in [0.15, 0.2) is 0 Å². The molecule has 5 aliphatic rings. The fraction of sp³-hybridized carbons (Fsp3) is 0.568. The normalized spacial score (nSPS) is 32.0. The number of β-amino-alcohol motifs (C(OH)–C–C–N with tert-alkyl or cyclic N) is 1. The predicted molar refractivity (Wildman–Crippen MR) is 188 cm³/mol. The lowest BCUT2D eigenvalue weighted by Gasteiger charge is -2.46. The van der Waals surface area contributed by atoms with E-state index in [0.717, 1.165) is 37.8 Å². The maximum atomic E-state index is 13.5. The lowest BCUT2D eigenvalue weighted by molar-refractivity contribution is -0.149. The van der Waals surface area contributed by atoms with Gasteiger partial charge in [0.05, 0.1) is 29.8 Å². The summed E-state index contributed by atoms with van der Waals surface area (Å²) in [5, 5.41) is 9.58. The summed E-state index contributed by atoms with van der Waals surface area (Å²) in [5.41, 5.74) is 3.19. The van der Waals surface area contributed by atoms with Gasteiger partial charge in [-0.1, -0.05) is 36.7 Å². The van der Waals surface area contributed by atoms with Crippen LogP contribution in [0.3, 0.4) is 0 Å². The first kappa shape index (κ1) is 34.3. The molecular weight excluding hydrogens is 666 g/mol. The van der Waals surface area contributed by atoms with E-state index in [-0.39, 0.29) is 47.4 Å². The number of hydrogen-bond acceptors (Lipinski definition) is 8. The van der Waals surface area contributed by atoms with Crippen molar-refractivity contribution in [2.75, 3.05) is 44.3 Å². The Kier molecular flexibility index (Phi) is 9.49. The molecule has 3 aliphatic heterocycles. The largest absolute Gasteiger partial charge is 0.490 e. The Labute approximate surface area is 293 Å². The first-order valence-corrected chi connectivity index (χ1v) is 19.5. The molecule has 49 heavy (non-hydrogen) atoms. The van der Waals surface area contributed by atoms with Crippen LogP contribution in [0.2, 0.25) is 5.02 Å². The first-order valence-electron chi connectivity index (χ1n) is 17.5. The van der Waals surface area contributed by atoms with Gasteiger partial charge in [-0.25, -0.2) is 13.1 Å². The second-order valence-corrected chi connectivity index (χ2v) is 17.3. The molecule has 2 amide bonds. The zero-order chi connectivity index (χ0) is 34.5. The third-order valence-electron chi connectivity index (χ3n) is 11.6. The number of benzene rings is 2. The Balaban J connectivity index is 1.25. The third kappa shape index (κ3) is 6.83. The smallest absolute Gasteiger partial charge is 0.264 e. The molecule has 264 valence electrons. The molecule has 1 saturated heterocycles. The number of aryl methyl sites for hydroxylation is 1. The van der Waals surface area contributed by atoms with Crippen molar-refractivity contribution in [1.29, 1.82) is 0 Å². The SMILES string of the molecule is C[C@@H]1[C@@H](C)C/C=C/[C@H](OCC(=O)N2CC(O)C2)[C@@H]2CC[C@H]2CN2C[C@@]3(CCCc4cc(Cl)ccc43)COc3ccc(cc32)C(=O)NS1(=O)=O. The lowest BCUT2D eigenvalue weighted by atomic mass is 9.68. The number of carbonyl (C=O) groups excluding carboxylic acids is 2. The molecule has 0 aromatic heterocycles. The molecule has 10 nitrogen and oxygen atoms in total. The summed E-state index contributed by atoms with van der Waals surface area (Å²) in [6.07, 6.45) is 8.41. The van der Waals surface area contributed by atoms with Crippen LogP contribution in [0, 0.1) is 17.8 Å². The van der Waals surface area contributed by atoms with E-state index in [0.29, 0.717) is 50.0 Å². The molecule has 2 aromatic carbocycles. The predicted octanol–water partition coefficient (Wildman–Crippen LogP) is 4.47. The van der Waals surface area contributed by atoms with E-state index in [4.69, 9.17) is 21.1 Å². The first-order chi connectivity index (χ1) is 23.4. The van der Waals surface area contributed by atoms with Crippen LogP contribution in [0.4, 0.5) is 5.69 Å². The Morgan fingerprint density at radius 2 is 1.96 bits per heavy atom. The van der Waals surface area contributed by atoms with E-state index in [1.54, 1.807) is 30.0 Å². The standard InChI is InChI=1S/C37H46ClN3O7S/c1-23-5-3-7-33(47-20-35(43)40-18-29(42)19-40)30-11-8-27(30)17-41-21-37(14-4-6-25-15-28(38)10-12-31(25)37)22-48-34-13-9-26(16-32(34)41)36(44)39-49(45,46)24(23)2/h3,7,9-10,12-13,15-16,23-24,27,29-30,33,42H,4-6,8,11,14,17-22H2,1-2H3,(H,39,44)/b7-3+/t23-,24+,27-,30+,33-,37-/m0/s1. The van der Waals surface area contributed by atoms with Gasteiger partial charge < -0.3 is 24.4 Å². The van der Waals surface area contributed by atoms with Gasteiger partial charge in [-0.05, 0) is 105 Å². The third-order valence-corrected chi connectivity index (χ3v) is 13.8. The molecule has 2 bridgehead atoms. The topological polar surface area (TPSA) is 125 Å². The number of aliphatic hydroxyl groups is 1. The molecule has 7 rings (SSSR count). The van der Waals surface area contributed by atoms with Crippen LogP contribution >= 0.6 is 11.6 Å². The van der Waals surface area contributed by atoms with Crippen molar-refractivity contribution in [2.45, 2.75) is 75.2 Å². The number of sulfonamides is 1. The summed E-state index contributed by atoms with van der Waals surface area (Å²) in [6.45, 7) is 5.85.